The first-order valence-electron chi connectivity index (χ1n) is 17.4. The van der Waals surface area contributed by atoms with E-state index in [1.807, 2.05) is 30.3 Å². The Kier molecular flexibility index (Phi) is 14.4. The van der Waals surface area contributed by atoms with E-state index in [-0.39, 0.29) is 38.3 Å². The third kappa shape index (κ3) is 11.7. The van der Waals surface area contributed by atoms with Gasteiger partial charge in [0.1, 0.15) is 24.2 Å². The summed E-state index contributed by atoms with van der Waals surface area (Å²) in [5.41, 5.74) is 1.54. The zero-order valence-corrected chi connectivity index (χ0v) is 29.9. The largest absolute Gasteiger partial charge is 0.355 e. The van der Waals surface area contributed by atoms with Gasteiger partial charge in [0.2, 0.25) is 47.2 Å². The molecule has 0 aliphatic carbocycles. The molecule has 0 saturated carbocycles. The van der Waals surface area contributed by atoms with Crippen LogP contribution in [0.25, 0.3) is 11.4 Å². The van der Waals surface area contributed by atoms with E-state index in [1.54, 1.807) is 38.4 Å². The van der Waals surface area contributed by atoms with Gasteiger partial charge in [0.15, 0.2) is 0 Å². The molecule has 1 fully saturated rings. The lowest BCUT2D eigenvalue weighted by Crippen LogP contribution is -2.59. The van der Waals surface area contributed by atoms with Crippen molar-refractivity contribution in [1.82, 2.24) is 46.6 Å². The molecule has 0 radical (unpaired) electrons. The van der Waals surface area contributed by atoms with Crippen molar-refractivity contribution < 1.29 is 33.3 Å². The maximum atomic E-state index is 13.6. The Morgan fingerprint density at radius 3 is 2.42 bits per heavy atom. The first kappa shape index (κ1) is 39.1. The van der Waals surface area contributed by atoms with E-state index in [1.165, 1.54) is 18.9 Å². The highest BCUT2D eigenvalue weighted by Crippen LogP contribution is 2.15. The van der Waals surface area contributed by atoms with Crippen LogP contribution in [-0.2, 0) is 41.6 Å². The maximum absolute atomic E-state index is 13.6. The number of hydrogen-bond acceptors (Lipinski definition) is 10. The van der Waals surface area contributed by atoms with Crippen molar-refractivity contribution in [3.63, 3.8) is 0 Å². The van der Waals surface area contributed by atoms with Crippen molar-refractivity contribution >= 4 is 35.4 Å². The molecule has 16 nitrogen and oxygen atoms in total. The van der Waals surface area contributed by atoms with Gasteiger partial charge in [-0.25, -0.2) is 0 Å². The normalized spacial score (nSPS) is 21.3. The molecule has 0 bridgehead atoms. The number of rotatable bonds is 9. The van der Waals surface area contributed by atoms with Crippen molar-refractivity contribution in [1.29, 1.82) is 0 Å². The van der Waals surface area contributed by atoms with Gasteiger partial charge in [0.25, 0.3) is 0 Å². The minimum absolute atomic E-state index is 0.0554. The van der Waals surface area contributed by atoms with E-state index in [4.69, 9.17) is 4.52 Å². The summed E-state index contributed by atoms with van der Waals surface area (Å²) >= 11 is 0. The van der Waals surface area contributed by atoms with Crippen molar-refractivity contribution in [2.45, 2.75) is 83.5 Å². The number of amides is 6. The molecule has 1 aliphatic rings. The Hall–Kier alpha value is -5.67. The van der Waals surface area contributed by atoms with Crippen LogP contribution in [-0.4, -0.2) is 99.8 Å². The van der Waals surface area contributed by atoms with Crippen LogP contribution in [0.1, 0.15) is 57.9 Å². The number of aromatic nitrogens is 3. The van der Waals surface area contributed by atoms with Crippen molar-refractivity contribution in [2.24, 2.45) is 5.92 Å². The number of nitrogens with zero attached hydrogens (tertiary/aromatic N) is 4. The van der Waals surface area contributed by atoms with E-state index in [0.29, 0.717) is 31.0 Å². The Morgan fingerprint density at radius 2 is 1.71 bits per heavy atom. The molecule has 1 aromatic carbocycles. The van der Waals surface area contributed by atoms with E-state index >= 15 is 0 Å². The van der Waals surface area contributed by atoms with Gasteiger partial charge in [-0.15, -0.1) is 0 Å². The van der Waals surface area contributed by atoms with Gasteiger partial charge >= 0.3 is 0 Å². The standard InChI is InChI=1S/C36H47N9O7/c1-22(2)31-35(50)39-23(3)33(48)41-27(20-24-10-6-5-7-11-24)36(51)45(4)21-29(47)38-17-9-12-26(34(49)43-31)40-28(46)13-8-14-30-42-32(44-52-30)25-15-18-37-19-16-25/h5-7,10-11,15-16,18-19,22-23,26-27,31H,8-9,12-14,17,20-21H2,1-4H3,(H,38,47)(H,39,50)(H,40,46)(H,41,48)(H,43,49)/t23-,26+,27+,31-/m1/s1. The number of hydrogen-bond donors (Lipinski definition) is 5. The molecule has 4 rings (SSSR count). The zero-order valence-electron chi connectivity index (χ0n) is 29.9. The van der Waals surface area contributed by atoms with Crippen LogP contribution in [0.3, 0.4) is 0 Å². The summed E-state index contributed by atoms with van der Waals surface area (Å²) < 4.78 is 5.31. The van der Waals surface area contributed by atoms with E-state index < -0.39 is 59.6 Å². The molecular formula is C36H47N9O7. The zero-order chi connectivity index (χ0) is 37.6. The summed E-state index contributed by atoms with van der Waals surface area (Å²) in [5.74, 6) is -2.72. The van der Waals surface area contributed by atoms with Gasteiger partial charge in [-0.2, -0.15) is 4.98 Å². The molecule has 0 spiro atoms. The highest BCUT2D eigenvalue weighted by atomic mass is 16.5. The summed E-state index contributed by atoms with van der Waals surface area (Å²) in [6.45, 7) is 4.85. The molecule has 6 amide bonds. The second-order valence-corrected chi connectivity index (χ2v) is 13.1. The summed E-state index contributed by atoms with van der Waals surface area (Å²) in [5, 5.41) is 17.6. The Balaban J connectivity index is 1.43. The smallest absolute Gasteiger partial charge is 0.245 e. The fourth-order valence-corrected chi connectivity index (χ4v) is 5.56. The number of nitrogens with one attached hydrogen (secondary N) is 5. The second kappa shape index (κ2) is 19.1. The predicted octanol–water partition coefficient (Wildman–Crippen LogP) is 0.681. The maximum Gasteiger partial charge on any atom is 0.245 e. The van der Waals surface area contributed by atoms with Gasteiger partial charge in [0, 0.05) is 50.8 Å². The minimum atomic E-state index is -1.07. The molecule has 52 heavy (non-hydrogen) atoms. The SMILES string of the molecule is CC(C)[C@H]1NC(=O)[C@@H](NC(=O)CCCc2nc(-c3ccncc3)no2)CCCNC(=O)CN(C)C(=O)[C@H](Cc2ccccc2)NC(=O)[C@@H](C)NC1=O. The first-order valence-corrected chi connectivity index (χ1v) is 17.4. The monoisotopic (exact) mass is 717 g/mol. The topological polar surface area (TPSA) is 218 Å². The van der Waals surface area contributed by atoms with Crippen molar-refractivity contribution in [2.75, 3.05) is 20.1 Å². The number of pyridine rings is 1. The summed E-state index contributed by atoms with van der Waals surface area (Å²) in [7, 11) is 1.47. The lowest BCUT2D eigenvalue weighted by Gasteiger charge is -2.28. The Labute approximate surface area is 302 Å². The third-order valence-corrected chi connectivity index (χ3v) is 8.50. The van der Waals surface area contributed by atoms with Gasteiger partial charge in [0.05, 0.1) is 6.54 Å². The fourth-order valence-electron chi connectivity index (χ4n) is 5.56. The van der Waals surface area contributed by atoms with Crippen LogP contribution in [0.5, 0.6) is 0 Å². The average Bonchev–Trinajstić information content (AvgIpc) is 3.60. The fraction of sp³-hybridized carbons (Fsp3) is 0.472. The highest BCUT2D eigenvalue weighted by molar-refractivity contribution is 5.96. The molecule has 3 aromatic rings. The molecule has 1 aliphatic heterocycles. The number of carbonyl (C=O) groups excluding carboxylic acids is 6. The number of aryl methyl sites for hydroxylation is 1. The average molecular weight is 718 g/mol. The molecule has 3 heterocycles. The summed E-state index contributed by atoms with van der Waals surface area (Å²) in [6, 6.07) is 8.48. The van der Waals surface area contributed by atoms with Gasteiger partial charge in [-0.1, -0.05) is 49.3 Å². The van der Waals surface area contributed by atoms with Gasteiger partial charge < -0.3 is 36.0 Å². The predicted molar refractivity (Wildman–Crippen MR) is 189 cm³/mol. The molecule has 4 atom stereocenters. The Bertz CT molecular complexity index is 1680. The number of carbonyl (C=O) groups is 6. The quantitative estimate of drug-likeness (QED) is 0.209. The minimum Gasteiger partial charge on any atom is -0.355 e. The molecule has 278 valence electrons. The number of benzene rings is 1. The lowest BCUT2D eigenvalue weighted by atomic mass is 10.0. The van der Waals surface area contributed by atoms with Crippen LogP contribution < -0.4 is 26.6 Å². The second-order valence-electron chi connectivity index (χ2n) is 13.1. The molecule has 5 N–H and O–H groups in total. The van der Waals surface area contributed by atoms with Crippen molar-refractivity contribution in [3.05, 3.63) is 66.3 Å². The van der Waals surface area contributed by atoms with E-state index in [2.05, 4.69) is 41.7 Å². The summed E-state index contributed by atoms with van der Waals surface area (Å²) in [6.07, 6.45) is 4.62. The van der Waals surface area contributed by atoms with Crippen LogP contribution in [0.15, 0.2) is 59.4 Å². The van der Waals surface area contributed by atoms with Crippen molar-refractivity contribution in [3.8, 4) is 11.4 Å². The third-order valence-electron chi connectivity index (χ3n) is 8.50. The van der Waals surface area contributed by atoms with Gasteiger partial charge in [-0.05, 0) is 49.8 Å². The van der Waals surface area contributed by atoms with E-state index in [9.17, 15) is 28.8 Å². The summed E-state index contributed by atoms with van der Waals surface area (Å²) in [4.78, 5) is 89.2. The molecule has 16 heteroatoms. The lowest BCUT2D eigenvalue weighted by molar-refractivity contribution is -0.139. The van der Waals surface area contributed by atoms with Gasteiger partial charge in [-0.3, -0.25) is 33.8 Å². The molecule has 0 unspecified atom stereocenters. The first-order chi connectivity index (χ1) is 24.9. The molecule has 2 aromatic heterocycles. The number of likely N-dealkylation sites (N-methyl/N-ethyl adjacent to an activating group) is 1. The van der Waals surface area contributed by atoms with Crippen LogP contribution in [0.2, 0.25) is 0 Å². The molecule has 1 saturated heterocycles. The Morgan fingerprint density at radius 1 is 0.981 bits per heavy atom. The molecular weight excluding hydrogens is 670 g/mol. The van der Waals surface area contributed by atoms with Crippen LogP contribution in [0.4, 0.5) is 0 Å². The van der Waals surface area contributed by atoms with Crippen LogP contribution in [0, 0.1) is 5.92 Å². The highest BCUT2D eigenvalue weighted by Gasteiger charge is 2.32. The van der Waals surface area contributed by atoms with Crippen LogP contribution >= 0.6 is 0 Å². The van der Waals surface area contributed by atoms with E-state index in [0.717, 1.165) is 11.1 Å².